The lowest BCUT2D eigenvalue weighted by Gasteiger charge is -2.10. The number of nitrogens with zero attached hydrogens (tertiary/aromatic N) is 1. The third-order valence-electron chi connectivity index (χ3n) is 2.58. The van der Waals surface area contributed by atoms with Gasteiger partial charge in [-0.25, -0.2) is 9.78 Å². The number of aromatic carboxylic acids is 1. The van der Waals surface area contributed by atoms with Gasteiger partial charge in [0.1, 0.15) is 5.75 Å². The number of carbonyl (C=O) groups is 1. The van der Waals surface area contributed by atoms with Crippen molar-refractivity contribution in [1.29, 1.82) is 0 Å². The van der Waals surface area contributed by atoms with Crippen LogP contribution in [0.2, 0.25) is 0 Å². The summed E-state index contributed by atoms with van der Waals surface area (Å²) in [5.74, 6) is -0.0403. The van der Waals surface area contributed by atoms with Gasteiger partial charge in [0.2, 0.25) is 0 Å². The first kappa shape index (κ1) is 13.8. The Kier molecular flexibility index (Phi) is 3.75. The topological polar surface area (TPSA) is 59.4 Å². The fraction of sp³-hybridized carbons (Fsp3) is 0.429. The lowest BCUT2D eigenvalue weighted by atomic mass is 10.2. The van der Waals surface area contributed by atoms with Crippen molar-refractivity contribution in [2.24, 2.45) is 0 Å². The van der Waals surface area contributed by atoms with Gasteiger partial charge in [-0.1, -0.05) is 13.8 Å². The van der Waals surface area contributed by atoms with Crippen LogP contribution in [0.25, 0.3) is 10.2 Å². The third kappa shape index (κ3) is 2.87. The second kappa shape index (κ2) is 5.17. The Morgan fingerprint density at radius 1 is 1.32 bits per heavy atom. The number of fused-ring (bicyclic) bond motifs is 1. The number of aromatic nitrogens is 1. The molecule has 0 saturated heterocycles. The zero-order valence-electron chi connectivity index (χ0n) is 11.4. The third-order valence-corrected chi connectivity index (χ3v) is 3.96. The zero-order chi connectivity index (χ0) is 14.2. The largest absolute Gasteiger partial charge is 0.489 e. The van der Waals surface area contributed by atoms with Gasteiger partial charge in [0.05, 0.1) is 26.9 Å². The highest BCUT2D eigenvalue weighted by atomic mass is 32.1. The van der Waals surface area contributed by atoms with Gasteiger partial charge in [0.25, 0.3) is 0 Å². The van der Waals surface area contributed by atoms with Crippen molar-refractivity contribution in [3.05, 3.63) is 22.7 Å². The predicted molar refractivity (Wildman–Crippen MR) is 76.4 cm³/mol. The van der Waals surface area contributed by atoms with Crippen molar-refractivity contribution in [2.75, 3.05) is 0 Å². The molecule has 2 rings (SSSR count). The van der Waals surface area contributed by atoms with Crippen LogP contribution in [0.5, 0.6) is 5.75 Å². The van der Waals surface area contributed by atoms with Crippen LogP contribution in [0, 0.1) is 0 Å². The number of thiazole rings is 1. The van der Waals surface area contributed by atoms with Gasteiger partial charge in [-0.2, -0.15) is 0 Å². The quantitative estimate of drug-likeness (QED) is 0.922. The molecule has 0 aliphatic carbocycles. The van der Waals surface area contributed by atoms with Crippen LogP contribution in [0.4, 0.5) is 0 Å². The van der Waals surface area contributed by atoms with Crippen LogP contribution in [-0.2, 0) is 0 Å². The van der Waals surface area contributed by atoms with E-state index in [-0.39, 0.29) is 11.7 Å². The number of carboxylic acids is 1. The number of ether oxygens (including phenoxy) is 1. The maximum atomic E-state index is 11.1. The van der Waals surface area contributed by atoms with E-state index in [1.54, 1.807) is 23.5 Å². The van der Waals surface area contributed by atoms with Crippen molar-refractivity contribution in [3.63, 3.8) is 0 Å². The molecule has 1 N–H and O–H groups in total. The second-order valence-corrected chi connectivity index (χ2v) is 6.03. The summed E-state index contributed by atoms with van der Waals surface area (Å²) < 4.78 is 6.64. The Labute approximate surface area is 116 Å². The van der Waals surface area contributed by atoms with Crippen LogP contribution < -0.4 is 4.74 Å². The van der Waals surface area contributed by atoms with Crippen molar-refractivity contribution in [3.8, 4) is 5.75 Å². The van der Waals surface area contributed by atoms with E-state index >= 15 is 0 Å². The van der Waals surface area contributed by atoms with E-state index in [1.165, 1.54) is 0 Å². The summed E-state index contributed by atoms with van der Waals surface area (Å²) in [5, 5.41) is 10.1. The average Bonchev–Trinajstić information content (AvgIpc) is 2.72. The van der Waals surface area contributed by atoms with E-state index in [0.717, 1.165) is 9.71 Å². The molecular formula is C14H17NO3S. The molecule has 0 radical (unpaired) electrons. The highest BCUT2D eigenvalue weighted by molar-refractivity contribution is 7.19. The lowest BCUT2D eigenvalue weighted by molar-refractivity contribution is 0.0696. The molecule has 0 aliphatic heterocycles. The van der Waals surface area contributed by atoms with Crippen LogP contribution >= 0.6 is 11.3 Å². The van der Waals surface area contributed by atoms with E-state index < -0.39 is 5.97 Å². The first-order valence-corrected chi connectivity index (χ1v) is 7.04. The first-order valence-electron chi connectivity index (χ1n) is 6.23. The molecule has 4 nitrogen and oxygen atoms in total. The molecule has 0 atom stereocenters. The molecule has 19 heavy (non-hydrogen) atoms. The minimum Gasteiger partial charge on any atom is -0.489 e. The monoisotopic (exact) mass is 279 g/mol. The van der Waals surface area contributed by atoms with E-state index in [0.29, 0.717) is 17.2 Å². The minimum atomic E-state index is -0.963. The summed E-state index contributed by atoms with van der Waals surface area (Å²) in [6.07, 6.45) is -0.00292. The minimum absolute atomic E-state index is 0.00292. The van der Waals surface area contributed by atoms with Crippen molar-refractivity contribution in [2.45, 2.75) is 39.7 Å². The first-order chi connectivity index (χ1) is 8.88. The van der Waals surface area contributed by atoms with Crippen LogP contribution in [0.1, 0.15) is 49.0 Å². The SMILES string of the molecule is CC(C)Oc1cc(C(=O)O)cc2nc(C(C)C)sc12. The van der Waals surface area contributed by atoms with Gasteiger partial charge >= 0.3 is 5.97 Å². The molecule has 2 aromatic rings. The lowest BCUT2D eigenvalue weighted by Crippen LogP contribution is -2.06. The van der Waals surface area contributed by atoms with Crippen molar-refractivity contribution < 1.29 is 14.6 Å². The molecule has 5 heteroatoms. The van der Waals surface area contributed by atoms with Gasteiger partial charge in [-0.15, -0.1) is 11.3 Å². The smallest absolute Gasteiger partial charge is 0.335 e. The molecular weight excluding hydrogens is 262 g/mol. The summed E-state index contributed by atoms with van der Waals surface area (Å²) >= 11 is 1.57. The number of rotatable bonds is 4. The molecule has 0 fully saturated rings. The molecule has 102 valence electrons. The molecule has 1 heterocycles. The van der Waals surface area contributed by atoms with Gasteiger partial charge in [-0.3, -0.25) is 0 Å². The van der Waals surface area contributed by atoms with Gasteiger partial charge < -0.3 is 9.84 Å². The van der Waals surface area contributed by atoms with E-state index in [1.807, 2.05) is 13.8 Å². The summed E-state index contributed by atoms with van der Waals surface area (Å²) in [6, 6.07) is 3.18. The molecule has 0 bridgehead atoms. The van der Waals surface area contributed by atoms with Crippen molar-refractivity contribution in [1.82, 2.24) is 4.98 Å². The maximum absolute atomic E-state index is 11.1. The highest BCUT2D eigenvalue weighted by Crippen LogP contribution is 2.35. The molecule has 0 saturated carbocycles. The molecule has 0 unspecified atom stereocenters. The number of hydrogen-bond acceptors (Lipinski definition) is 4. The standard InChI is InChI=1S/C14H17NO3S/c1-7(2)13-15-10-5-9(14(16)17)6-11(12(10)19-13)18-8(3)4/h5-8H,1-4H3,(H,16,17). The predicted octanol–water partition coefficient (Wildman–Crippen LogP) is 3.91. The van der Waals surface area contributed by atoms with Crippen LogP contribution in [-0.4, -0.2) is 22.2 Å². The number of carboxylic acid groups (broad SMARTS) is 1. The Morgan fingerprint density at radius 3 is 2.53 bits per heavy atom. The van der Waals surface area contributed by atoms with Gasteiger partial charge in [0, 0.05) is 5.92 Å². The van der Waals surface area contributed by atoms with E-state index in [2.05, 4.69) is 18.8 Å². The molecule has 0 amide bonds. The van der Waals surface area contributed by atoms with E-state index in [4.69, 9.17) is 9.84 Å². The Balaban J connectivity index is 2.63. The molecule has 0 spiro atoms. The molecule has 1 aromatic heterocycles. The van der Waals surface area contributed by atoms with E-state index in [9.17, 15) is 4.79 Å². The van der Waals surface area contributed by atoms with Gasteiger partial charge in [-0.05, 0) is 26.0 Å². The maximum Gasteiger partial charge on any atom is 0.335 e. The van der Waals surface area contributed by atoms with Crippen LogP contribution in [0.15, 0.2) is 12.1 Å². The fourth-order valence-corrected chi connectivity index (χ4v) is 2.74. The zero-order valence-corrected chi connectivity index (χ0v) is 12.2. The van der Waals surface area contributed by atoms with Crippen molar-refractivity contribution >= 4 is 27.5 Å². The van der Waals surface area contributed by atoms with Gasteiger partial charge in [0.15, 0.2) is 0 Å². The Hall–Kier alpha value is -1.62. The molecule has 0 aliphatic rings. The highest BCUT2D eigenvalue weighted by Gasteiger charge is 2.16. The summed E-state index contributed by atoms with van der Waals surface area (Å²) in [4.78, 5) is 15.6. The van der Waals surface area contributed by atoms with Crippen LogP contribution in [0.3, 0.4) is 0 Å². The average molecular weight is 279 g/mol. The second-order valence-electron chi connectivity index (χ2n) is 5.00. The fourth-order valence-electron chi connectivity index (χ4n) is 1.73. The normalized spacial score (nSPS) is 11.5. The number of hydrogen-bond donors (Lipinski definition) is 1. The summed E-state index contributed by atoms with van der Waals surface area (Å²) in [6.45, 7) is 7.98. The number of benzene rings is 1. The Morgan fingerprint density at radius 2 is 2.00 bits per heavy atom. The Bertz CT molecular complexity index is 616. The summed E-state index contributed by atoms with van der Waals surface area (Å²) in [5.41, 5.74) is 0.910. The summed E-state index contributed by atoms with van der Waals surface area (Å²) in [7, 11) is 0. The molecule has 1 aromatic carbocycles.